The van der Waals surface area contributed by atoms with Crippen LogP contribution in [0.5, 0.6) is 0 Å². The number of carbonyl (C=O) groups is 2. The zero-order valence-electron chi connectivity index (χ0n) is 17.9. The van der Waals surface area contributed by atoms with Crippen molar-refractivity contribution in [1.29, 1.82) is 0 Å². The first-order valence-electron chi connectivity index (χ1n) is 10.8. The van der Waals surface area contributed by atoms with Crippen LogP contribution < -0.4 is 5.73 Å². The van der Waals surface area contributed by atoms with Gasteiger partial charge in [-0.3, -0.25) is 9.59 Å². The van der Waals surface area contributed by atoms with Gasteiger partial charge in [0.15, 0.2) is 0 Å². The summed E-state index contributed by atoms with van der Waals surface area (Å²) in [7, 11) is 0. The van der Waals surface area contributed by atoms with Gasteiger partial charge >= 0.3 is 0 Å². The SMILES string of the molecule is CCCCCCC1(C(N)=O)CCCCC1C(=O)N(CC(C)C)CC(C)C. The van der Waals surface area contributed by atoms with Crippen LogP contribution in [0.4, 0.5) is 0 Å². The molecule has 0 aromatic carbocycles. The van der Waals surface area contributed by atoms with E-state index in [1.165, 1.54) is 12.8 Å². The molecule has 0 heterocycles. The van der Waals surface area contributed by atoms with E-state index in [0.29, 0.717) is 11.8 Å². The number of carbonyl (C=O) groups excluding carboxylic acids is 2. The highest BCUT2D eigenvalue weighted by molar-refractivity contribution is 5.90. The zero-order chi connectivity index (χ0) is 19.7. The minimum atomic E-state index is -0.630. The van der Waals surface area contributed by atoms with Crippen LogP contribution in [0.2, 0.25) is 0 Å². The fourth-order valence-corrected chi connectivity index (χ4v) is 4.54. The van der Waals surface area contributed by atoms with E-state index >= 15 is 0 Å². The molecule has 0 aromatic rings. The third-order valence-electron chi connectivity index (χ3n) is 5.78. The van der Waals surface area contributed by atoms with E-state index in [9.17, 15) is 9.59 Å². The summed E-state index contributed by atoms with van der Waals surface area (Å²) in [6.45, 7) is 12.3. The molecule has 152 valence electrons. The molecule has 1 aliphatic carbocycles. The molecule has 0 aliphatic heterocycles. The molecule has 2 N–H and O–H groups in total. The number of hydrogen-bond acceptors (Lipinski definition) is 2. The van der Waals surface area contributed by atoms with Gasteiger partial charge in [0.1, 0.15) is 0 Å². The van der Waals surface area contributed by atoms with Gasteiger partial charge in [0.05, 0.1) is 11.3 Å². The first kappa shape index (κ1) is 23.0. The van der Waals surface area contributed by atoms with Crippen molar-refractivity contribution in [1.82, 2.24) is 4.90 Å². The summed E-state index contributed by atoms with van der Waals surface area (Å²) >= 11 is 0. The summed E-state index contributed by atoms with van der Waals surface area (Å²) in [4.78, 5) is 28.1. The maximum atomic E-state index is 13.5. The lowest BCUT2D eigenvalue weighted by Gasteiger charge is -2.43. The molecule has 1 rings (SSSR count). The van der Waals surface area contributed by atoms with Crippen molar-refractivity contribution < 1.29 is 9.59 Å². The lowest BCUT2D eigenvalue weighted by Crippen LogP contribution is -2.53. The van der Waals surface area contributed by atoms with Gasteiger partial charge in [-0.05, 0) is 31.1 Å². The van der Waals surface area contributed by atoms with Gasteiger partial charge in [-0.15, -0.1) is 0 Å². The molecule has 2 atom stereocenters. The second-order valence-electron chi connectivity index (χ2n) is 9.16. The van der Waals surface area contributed by atoms with E-state index < -0.39 is 5.41 Å². The first-order chi connectivity index (χ1) is 12.2. The lowest BCUT2D eigenvalue weighted by molar-refractivity contribution is -0.151. The van der Waals surface area contributed by atoms with Crippen molar-refractivity contribution in [2.75, 3.05) is 13.1 Å². The molecule has 0 bridgehead atoms. The van der Waals surface area contributed by atoms with Gasteiger partial charge in [0, 0.05) is 13.1 Å². The Labute approximate surface area is 161 Å². The van der Waals surface area contributed by atoms with E-state index in [4.69, 9.17) is 5.73 Å². The molecule has 2 unspecified atom stereocenters. The number of hydrogen-bond donors (Lipinski definition) is 1. The molecule has 4 heteroatoms. The number of primary amides is 1. The van der Waals surface area contributed by atoms with Crippen molar-refractivity contribution in [2.45, 2.75) is 92.4 Å². The normalized spacial score (nSPS) is 23.4. The van der Waals surface area contributed by atoms with Crippen molar-refractivity contribution in [3.8, 4) is 0 Å². The Hall–Kier alpha value is -1.06. The monoisotopic (exact) mass is 366 g/mol. The van der Waals surface area contributed by atoms with E-state index in [0.717, 1.165) is 58.0 Å². The zero-order valence-corrected chi connectivity index (χ0v) is 17.9. The van der Waals surface area contributed by atoms with Crippen LogP contribution in [-0.2, 0) is 9.59 Å². The molecule has 4 nitrogen and oxygen atoms in total. The first-order valence-corrected chi connectivity index (χ1v) is 10.8. The standard InChI is InChI=1S/C22H42N2O2/c1-6-7-8-10-13-22(21(23)26)14-11-9-12-19(22)20(25)24(15-17(2)3)16-18(4)5/h17-19H,6-16H2,1-5H3,(H2,23,26). The summed E-state index contributed by atoms with van der Waals surface area (Å²) in [5.41, 5.74) is 5.31. The minimum absolute atomic E-state index is 0.168. The second kappa shape index (κ2) is 10.9. The van der Waals surface area contributed by atoms with Crippen LogP contribution in [0.15, 0.2) is 0 Å². The molecule has 1 aliphatic rings. The van der Waals surface area contributed by atoms with Crippen molar-refractivity contribution in [3.63, 3.8) is 0 Å². The predicted octanol–water partition coefficient (Wildman–Crippen LogP) is 4.76. The quantitative estimate of drug-likeness (QED) is 0.536. The number of nitrogens with two attached hydrogens (primary N) is 1. The van der Waals surface area contributed by atoms with E-state index in [1.54, 1.807) is 0 Å². The number of nitrogens with zero attached hydrogens (tertiary/aromatic N) is 1. The van der Waals surface area contributed by atoms with Gasteiger partial charge in [-0.2, -0.15) is 0 Å². The van der Waals surface area contributed by atoms with Crippen molar-refractivity contribution in [3.05, 3.63) is 0 Å². The summed E-state index contributed by atoms with van der Waals surface area (Å²) in [6.07, 6.45) is 8.86. The molecule has 0 spiro atoms. The molecular weight excluding hydrogens is 324 g/mol. The van der Waals surface area contributed by atoms with E-state index in [-0.39, 0.29) is 17.7 Å². The lowest BCUT2D eigenvalue weighted by atomic mass is 9.62. The summed E-state index contributed by atoms with van der Waals surface area (Å²) in [5, 5.41) is 0. The second-order valence-corrected chi connectivity index (χ2v) is 9.16. The van der Waals surface area contributed by atoms with Gasteiger partial charge in [0.25, 0.3) is 0 Å². The Morgan fingerprint density at radius 1 is 1.04 bits per heavy atom. The molecule has 2 amide bonds. The fourth-order valence-electron chi connectivity index (χ4n) is 4.54. The maximum absolute atomic E-state index is 13.5. The van der Waals surface area contributed by atoms with Crippen molar-refractivity contribution >= 4 is 11.8 Å². The molecule has 0 saturated heterocycles. The maximum Gasteiger partial charge on any atom is 0.226 e. The minimum Gasteiger partial charge on any atom is -0.369 e. The average Bonchev–Trinajstić information content (AvgIpc) is 2.57. The third-order valence-corrected chi connectivity index (χ3v) is 5.78. The highest BCUT2D eigenvalue weighted by Gasteiger charge is 2.49. The Morgan fingerprint density at radius 3 is 2.15 bits per heavy atom. The fraction of sp³-hybridized carbons (Fsp3) is 0.909. The van der Waals surface area contributed by atoms with Crippen LogP contribution in [-0.4, -0.2) is 29.8 Å². The van der Waals surface area contributed by atoms with Gasteiger partial charge in [-0.25, -0.2) is 0 Å². The smallest absolute Gasteiger partial charge is 0.226 e. The van der Waals surface area contributed by atoms with Crippen LogP contribution in [0.3, 0.4) is 0 Å². The molecular formula is C22H42N2O2. The Bertz CT molecular complexity index is 437. The molecule has 26 heavy (non-hydrogen) atoms. The average molecular weight is 367 g/mol. The topological polar surface area (TPSA) is 63.4 Å². The third kappa shape index (κ3) is 6.28. The van der Waals surface area contributed by atoms with Crippen LogP contribution in [0.1, 0.15) is 92.4 Å². The number of rotatable bonds is 11. The highest BCUT2D eigenvalue weighted by Crippen LogP contribution is 2.46. The molecule has 1 fully saturated rings. The largest absolute Gasteiger partial charge is 0.369 e. The van der Waals surface area contributed by atoms with Crippen LogP contribution in [0.25, 0.3) is 0 Å². The van der Waals surface area contributed by atoms with Crippen molar-refractivity contribution in [2.24, 2.45) is 28.9 Å². The van der Waals surface area contributed by atoms with Gasteiger partial charge in [0.2, 0.25) is 11.8 Å². The predicted molar refractivity (Wildman–Crippen MR) is 109 cm³/mol. The number of unbranched alkanes of at least 4 members (excludes halogenated alkanes) is 3. The molecule has 0 radical (unpaired) electrons. The Kier molecular flexibility index (Phi) is 9.67. The summed E-state index contributed by atoms with van der Waals surface area (Å²) < 4.78 is 0. The van der Waals surface area contributed by atoms with E-state index in [1.807, 2.05) is 4.90 Å². The number of amides is 2. The Morgan fingerprint density at radius 2 is 1.65 bits per heavy atom. The summed E-state index contributed by atoms with van der Waals surface area (Å²) in [6, 6.07) is 0. The highest BCUT2D eigenvalue weighted by atomic mass is 16.2. The van der Waals surface area contributed by atoms with E-state index in [2.05, 4.69) is 34.6 Å². The summed E-state index contributed by atoms with van der Waals surface area (Å²) in [5.74, 6) is 0.540. The van der Waals surface area contributed by atoms with Gasteiger partial charge in [-0.1, -0.05) is 73.1 Å². The Balaban J connectivity index is 3.03. The molecule has 1 saturated carbocycles. The van der Waals surface area contributed by atoms with Crippen LogP contribution >= 0.6 is 0 Å². The van der Waals surface area contributed by atoms with Gasteiger partial charge < -0.3 is 10.6 Å². The van der Waals surface area contributed by atoms with Crippen LogP contribution in [0, 0.1) is 23.2 Å². The molecule has 0 aromatic heterocycles.